The molecule has 2 aromatic carbocycles. The monoisotopic (exact) mass is 376 g/mol. The summed E-state index contributed by atoms with van der Waals surface area (Å²) in [5, 5.41) is 5.06. The van der Waals surface area contributed by atoms with E-state index in [2.05, 4.69) is 20.6 Å². The number of hydrogen-bond acceptors (Lipinski definition) is 4. The molecule has 0 bridgehead atoms. The molecule has 0 radical (unpaired) electrons. The lowest BCUT2D eigenvalue weighted by molar-refractivity contribution is 0.0944. The van der Waals surface area contributed by atoms with Crippen molar-refractivity contribution in [1.82, 2.24) is 20.6 Å². The summed E-state index contributed by atoms with van der Waals surface area (Å²) < 4.78 is 16.3. The van der Waals surface area contributed by atoms with Gasteiger partial charge in [-0.15, -0.1) is 0 Å². The van der Waals surface area contributed by atoms with E-state index in [1.807, 2.05) is 44.2 Å². The van der Waals surface area contributed by atoms with Crippen molar-refractivity contribution in [3.05, 3.63) is 94.6 Å². The van der Waals surface area contributed by atoms with Crippen molar-refractivity contribution in [2.24, 2.45) is 0 Å². The van der Waals surface area contributed by atoms with Gasteiger partial charge in [0.15, 0.2) is 0 Å². The summed E-state index contributed by atoms with van der Waals surface area (Å²) >= 11 is 0. The number of carbonyl (C=O) groups is 2. The normalized spacial score (nSPS) is 11.9. The first-order valence-electron chi connectivity index (χ1n) is 9.80. The van der Waals surface area contributed by atoms with Crippen LogP contribution < -0.4 is 10.6 Å². The van der Waals surface area contributed by atoms with Gasteiger partial charge in [-0.25, -0.2) is 9.97 Å². The average molecular weight is 376 g/mol. The van der Waals surface area contributed by atoms with E-state index >= 15 is 0 Å². The summed E-state index contributed by atoms with van der Waals surface area (Å²) in [5.41, 5.74) is 3.19. The molecule has 1 heterocycles. The topological polar surface area (TPSA) is 84.0 Å². The van der Waals surface area contributed by atoms with Crippen LogP contribution in [0.4, 0.5) is 0 Å². The molecule has 0 aliphatic heterocycles. The number of aryl methyl sites for hydroxylation is 2. The minimum absolute atomic E-state index is 0.0263. The second-order valence-corrected chi connectivity index (χ2v) is 6.41. The summed E-state index contributed by atoms with van der Waals surface area (Å²) in [7, 11) is 0. The Labute approximate surface area is 166 Å². The van der Waals surface area contributed by atoms with E-state index < -0.39 is 18.3 Å². The Morgan fingerprint density at radius 2 is 1.54 bits per heavy atom. The molecule has 0 aliphatic carbocycles. The van der Waals surface area contributed by atoms with E-state index in [0.29, 0.717) is 12.1 Å². The standard InChI is InChI=1S/C22H22N4O2/c1-15-6-8-17(9-7-15)12-23-21(27)19-11-20(26-14-25-19)22(28)24-13-18-5-3-4-16(2)10-18/h3-11,14H,12-13H2,1-2H3,(H,23,27)(H,24,28)/i13D2. The van der Waals surface area contributed by atoms with Crippen LogP contribution in [0.2, 0.25) is 0 Å². The Kier molecular flexibility index (Phi) is 5.28. The van der Waals surface area contributed by atoms with Gasteiger partial charge in [-0.05, 0) is 25.0 Å². The Morgan fingerprint density at radius 1 is 0.857 bits per heavy atom. The van der Waals surface area contributed by atoms with Crippen LogP contribution in [0.1, 0.15) is 46.0 Å². The van der Waals surface area contributed by atoms with Crippen LogP contribution in [-0.4, -0.2) is 21.8 Å². The molecule has 142 valence electrons. The fourth-order valence-electron chi connectivity index (χ4n) is 2.50. The van der Waals surface area contributed by atoms with Gasteiger partial charge < -0.3 is 10.6 Å². The quantitative estimate of drug-likeness (QED) is 0.693. The van der Waals surface area contributed by atoms with Crippen molar-refractivity contribution in [3.63, 3.8) is 0 Å². The maximum atomic E-state index is 12.5. The van der Waals surface area contributed by atoms with Gasteiger partial charge in [0.2, 0.25) is 0 Å². The number of benzene rings is 2. The van der Waals surface area contributed by atoms with Crippen LogP contribution in [0.25, 0.3) is 0 Å². The molecule has 6 nitrogen and oxygen atoms in total. The van der Waals surface area contributed by atoms with Gasteiger partial charge in [0.1, 0.15) is 17.7 Å². The number of carbonyl (C=O) groups excluding carboxylic acids is 2. The molecule has 3 rings (SSSR count). The van der Waals surface area contributed by atoms with Gasteiger partial charge in [-0.1, -0.05) is 59.7 Å². The molecular weight excluding hydrogens is 352 g/mol. The number of amides is 2. The molecular formula is C22H22N4O2. The molecule has 0 fully saturated rings. The van der Waals surface area contributed by atoms with Crippen molar-refractivity contribution in [2.45, 2.75) is 26.9 Å². The van der Waals surface area contributed by atoms with E-state index in [4.69, 9.17) is 2.74 Å². The third-order valence-corrected chi connectivity index (χ3v) is 4.04. The van der Waals surface area contributed by atoms with Gasteiger partial charge in [-0.2, -0.15) is 0 Å². The lowest BCUT2D eigenvalue weighted by Gasteiger charge is -2.08. The maximum Gasteiger partial charge on any atom is 0.270 e. The molecule has 1 aromatic heterocycles. The highest BCUT2D eigenvalue weighted by Crippen LogP contribution is 2.06. The molecule has 0 atom stereocenters. The smallest absolute Gasteiger partial charge is 0.270 e. The lowest BCUT2D eigenvalue weighted by atomic mass is 10.1. The van der Waals surface area contributed by atoms with Crippen molar-refractivity contribution in [3.8, 4) is 0 Å². The number of nitrogens with one attached hydrogen (secondary N) is 2. The van der Waals surface area contributed by atoms with E-state index in [1.165, 1.54) is 6.07 Å². The molecule has 0 aliphatic rings. The van der Waals surface area contributed by atoms with Crippen LogP contribution in [0.3, 0.4) is 0 Å². The first-order chi connectivity index (χ1) is 14.2. The molecule has 0 saturated heterocycles. The highest BCUT2D eigenvalue weighted by molar-refractivity contribution is 5.97. The van der Waals surface area contributed by atoms with Gasteiger partial charge in [0, 0.05) is 19.1 Å². The zero-order chi connectivity index (χ0) is 21.7. The highest BCUT2D eigenvalue weighted by Gasteiger charge is 2.13. The molecule has 0 unspecified atom stereocenters. The van der Waals surface area contributed by atoms with Gasteiger partial charge in [0.25, 0.3) is 11.8 Å². The van der Waals surface area contributed by atoms with Crippen LogP contribution >= 0.6 is 0 Å². The highest BCUT2D eigenvalue weighted by atomic mass is 16.2. The summed E-state index contributed by atoms with van der Waals surface area (Å²) in [4.78, 5) is 32.7. The van der Waals surface area contributed by atoms with Gasteiger partial charge in [-0.3, -0.25) is 9.59 Å². The summed E-state index contributed by atoms with van der Waals surface area (Å²) in [6, 6.07) is 15.8. The van der Waals surface area contributed by atoms with Crippen molar-refractivity contribution in [1.29, 1.82) is 0 Å². The Balaban J connectivity index is 1.68. The molecule has 0 spiro atoms. The first kappa shape index (κ1) is 16.6. The van der Waals surface area contributed by atoms with E-state index in [9.17, 15) is 9.59 Å². The molecule has 3 aromatic rings. The average Bonchev–Trinajstić information content (AvgIpc) is 2.73. The van der Waals surface area contributed by atoms with Crippen molar-refractivity contribution in [2.75, 3.05) is 0 Å². The van der Waals surface area contributed by atoms with Crippen LogP contribution in [0, 0.1) is 13.8 Å². The predicted octanol–water partition coefficient (Wildman–Crippen LogP) is 2.95. The maximum absolute atomic E-state index is 12.5. The largest absolute Gasteiger partial charge is 0.347 e. The zero-order valence-electron chi connectivity index (χ0n) is 17.7. The molecule has 0 saturated carbocycles. The predicted molar refractivity (Wildman–Crippen MR) is 107 cm³/mol. The number of nitrogens with zero attached hydrogens (tertiary/aromatic N) is 2. The lowest BCUT2D eigenvalue weighted by Crippen LogP contribution is -2.27. The Morgan fingerprint density at radius 3 is 2.21 bits per heavy atom. The second kappa shape index (κ2) is 8.90. The first-order valence-corrected chi connectivity index (χ1v) is 8.80. The molecule has 2 N–H and O–H groups in total. The van der Waals surface area contributed by atoms with Gasteiger partial charge >= 0.3 is 0 Å². The summed E-state index contributed by atoms with van der Waals surface area (Å²) in [5.74, 6) is -1.19. The van der Waals surface area contributed by atoms with Crippen LogP contribution in [0.15, 0.2) is 60.9 Å². The van der Waals surface area contributed by atoms with E-state index in [1.54, 1.807) is 18.2 Å². The molecule has 6 heteroatoms. The van der Waals surface area contributed by atoms with Crippen LogP contribution in [0.5, 0.6) is 0 Å². The number of aromatic nitrogens is 2. The summed E-state index contributed by atoms with van der Waals surface area (Å²) in [6.07, 6.45) is 1.11. The minimum atomic E-state index is -2.10. The molecule has 28 heavy (non-hydrogen) atoms. The third-order valence-electron chi connectivity index (χ3n) is 4.04. The summed E-state index contributed by atoms with van der Waals surface area (Å²) in [6.45, 7) is 2.05. The van der Waals surface area contributed by atoms with Crippen molar-refractivity contribution >= 4 is 11.8 Å². The molecule has 2 amide bonds. The van der Waals surface area contributed by atoms with E-state index in [-0.39, 0.29) is 11.4 Å². The minimum Gasteiger partial charge on any atom is -0.347 e. The van der Waals surface area contributed by atoms with E-state index in [0.717, 1.165) is 23.0 Å². The number of hydrogen-bond donors (Lipinski definition) is 2. The number of rotatable bonds is 6. The second-order valence-electron chi connectivity index (χ2n) is 6.41. The fraction of sp³-hybridized carbons (Fsp3) is 0.182. The third kappa shape index (κ3) is 5.23. The Bertz CT molecular complexity index is 1070. The fourth-order valence-corrected chi connectivity index (χ4v) is 2.50. The Hall–Kier alpha value is -3.54. The SMILES string of the molecule is [2H]C([2H])(NC(=O)c1cc(C(=O)NCc2ccc(C)cc2)ncn1)c1cccc(C)c1. The van der Waals surface area contributed by atoms with Crippen molar-refractivity contribution < 1.29 is 12.3 Å². The van der Waals surface area contributed by atoms with Crippen LogP contribution in [-0.2, 0) is 13.0 Å². The zero-order valence-corrected chi connectivity index (χ0v) is 15.7. The van der Waals surface area contributed by atoms with Gasteiger partial charge in [0.05, 0.1) is 2.74 Å².